The van der Waals surface area contributed by atoms with Crippen LogP contribution in [0.15, 0.2) is 18.2 Å². The van der Waals surface area contributed by atoms with Crippen LogP contribution in [-0.4, -0.2) is 36.8 Å². The standard InChI is InChI=1S/C14H19Cl2NO3/c1-4-17(5-2)13(14(18)19-6-3)20-12-8-7-10(15)9-11(12)16/h7-9,13H,4-6H2,1-3H3. The fraction of sp³-hybridized carbons (Fsp3) is 0.500. The summed E-state index contributed by atoms with van der Waals surface area (Å²) in [7, 11) is 0. The minimum atomic E-state index is -0.816. The van der Waals surface area contributed by atoms with Crippen molar-refractivity contribution in [2.75, 3.05) is 19.7 Å². The molecule has 0 amide bonds. The fourth-order valence-corrected chi connectivity index (χ4v) is 2.18. The van der Waals surface area contributed by atoms with E-state index in [-0.39, 0.29) is 0 Å². The molecule has 0 bridgehead atoms. The second kappa shape index (κ2) is 8.35. The molecule has 0 N–H and O–H groups in total. The summed E-state index contributed by atoms with van der Waals surface area (Å²) in [5.41, 5.74) is 0. The molecule has 1 aromatic carbocycles. The van der Waals surface area contributed by atoms with E-state index in [9.17, 15) is 4.79 Å². The molecule has 0 aromatic heterocycles. The minimum Gasteiger partial charge on any atom is -0.462 e. The van der Waals surface area contributed by atoms with Crippen LogP contribution in [0, 0.1) is 0 Å². The number of hydrogen-bond acceptors (Lipinski definition) is 4. The molecule has 0 fully saturated rings. The van der Waals surface area contributed by atoms with Gasteiger partial charge in [-0.25, -0.2) is 4.79 Å². The second-order valence-corrected chi connectivity index (χ2v) is 4.86. The van der Waals surface area contributed by atoms with Gasteiger partial charge in [0.1, 0.15) is 5.75 Å². The van der Waals surface area contributed by atoms with Crippen LogP contribution in [-0.2, 0) is 9.53 Å². The molecule has 0 aliphatic carbocycles. The number of benzene rings is 1. The van der Waals surface area contributed by atoms with Gasteiger partial charge in [0, 0.05) is 5.02 Å². The maximum Gasteiger partial charge on any atom is 0.363 e. The number of rotatable bonds is 7. The Morgan fingerprint density at radius 1 is 1.25 bits per heavy atom. The molecule has 0 saturated heterocycles. The first kappa shape index (κ1) is 17.1. The largest absolute Gasteiger partial charge is 0.462 e. The van der Waals surface area contributed by atoms with Gasteiger partial charge >= 0.3 is 5.97 Å². The van der Waals surface area contributed by atoms with Crippen molar-refractivity contribution in [3.63, 3.8) is 0 Å². The molecule has 0 heterocycles. The van der Waals surface area contributed by atoms with Gasteiger partial charge in [-0.3, -0.25) is 4.90 Å². The van der Waals surface area contributed by atoms with E-state index in [0.717, 1.165) is 0 Å². The van der Waals surface area contributed by atoms with E-state index in [1.807, 2.05) is 18.7 Å². The highest BCUT2D eigenvalue weighted by atomic mass is 35.5. The van der Waals surface area contributed by atoms with Crippen molar-refractivity contribution in [1.82, 2.24) is 4.90 Å². The SMILES string of the molecule is CCOC(=O)C(Oc1ccc(Cl)cc1Cl)N(CC)CC. The third-order valence-electron chi connectivity index (χ3n) is 2.76. The normalized spacial score (nSPS) is 12.3. The van der Waals surface area contributed by atoms with E-state index in [0.29, 0.717) is 35.5 Å². The summed E-state index contributed by atoms with van der Waals surface area (Å²) in [6, 6.07) is 4.87. The Kier molecular flexibility index (Phi) is 7.13. The van der Waals surface area contributed by atoms with Gasteiger partial charge in [-0.2, -0.15) is 0 Å². The number of hydrogen-bond donors (Lipinski definition) is 0. The maximum absolute atomic E-state index is 12.0. The molecule has 1 unspecified atom stereocenters. The number of halogens is 2. The van der Waals surface area contributed by atoms with E-state index < -0.39 is 12.2 Å². The summed E-state index contributed by atoms with van der Waals surface area (Å²) in [5, 5.41) is 0.872. The molecule has 6 heteroatoms. The summed E-state index contributed by atoms with van der Waals surface area (Å²) in [6.45, 7) is 7.27. The molecule has 1 atom stereocenters. The Morgan fingerprint density at radius 3 is 2.40 bits per heavy atom. The van der Waals surface area contributed by atoms with E-state index in [1.165, 1.54) is 0 Å². The van der Waals surface area contributed by atoms with E-state index in [1.54, 1.807) is 25.1 Å². The molecule has 1 aromatic rings. The van der Waals surface area contributed by atoms with Gasteiger partial charge in [0.15, 0.2) is 0 Å². The van der Waals surface area contributed by atoms with Crippen molar-refractivity contribution >= 4 is 29.2 Å². The van der Waals surface area contributed by atoms with E-state index in [2.05, 4.69) is 0 Å². The third kappa shape index (κ3) is 4.54. The smallest absolute Gasteiger partial charge is 0.363 e. The number of nitrogens with zero attached hydrogens (tertiary/aromatic N) is 1. The summed E-state index contributed by atoms with van der Waals surface area (Å²) in [5.74, 6) is -0.0248. The van der Waals surface area contributed by atoms with Crippen LogP contribution in [0.3, 0.4) is 0 Å². The van der Waals surface area contributed by atoms with Crippen molar-refractivity contribution in [2.45, 2.75) is 27.0 Å². The van der Waals surface area contributed by atoms with Crippen LogP contribution < -0.4 is 4.74 Å². The van der Waals surface area contributed by atoms with Gasteiger partial charge in [-0.1, -0.05) is 37.0 Å². The Bertz CT molecular complexity index is 450. The zero-order valence-corrected chi connectivity index (χ0v) is 13.4. The van der Waals surface area contributed by atoms with Crippen LogP contribution in [0.4, 0.5) is 0 Å². The molecule has 20 heavy (non-hydrogen) atoms. The molecule has 0 radical (unpaired) electrons. The quantitative estimate of drug-likeness (QED) is 0.568. The first-order chi connectivity index (χ1) is 9.53. The van der Waals surface area contributed by atoms with Crippen LogP contribution in [0.2, 0.25) is 10.0 Å². The predicted octanol–water partition coefficient (Wildman–Crippen LogP) is 3.60. The predicted molar refractivity (Wildman–Crippen MR) is 80.4 cm³/mol. The lowest BCUT2D eigenvalue weighted by Crippen LogP contribution is -2.46. The lowest BCUT2D eigenvalue weighted by Gasteiger charge is -2.28. The Balaban J connectivity index is 2.96. The second-order valence-electron chi connectivity index (χ2n) is 4.02. The molecule has 0 aliphatic heterocycles. The average Bonchev–Trinajstić information content (AvgIpc) is 2.41. The van der Waals surface area contributed by atoms with Crippen molar-refractivity contribution in [3.05, 3.63) is 28.2 Å². The minimum absolute atomic E-state index is 0.300. The first-order valence-corrected chi connectivity index (χ1v) is 7.31. The zero-order valence-electron chi connectivity index (χ0n) is 11.9. The zero-order chi connectivity index (χ0) is 15.1. The monoisotopic (exact) mass is 319 g/mol. The van der Waals surface area contributed by atoms with Crippen molar-refractivity contribution < 1.29 is 14.3 Å². The van der Waals surface area contributed by atoms with Gasteiger partial charge in [0.2, 0.25) is 0 Å². The number of ether oxygens (including phenoxy) is 2. The number of esters is 1. The van der Waals surface area contributed by atoms with Crippen molar-refractivity contribution in [2.24, 2.45) is 0 Å². The Hall–Kier alpha value is -0.970. The third-order valence-corrected chi connectivity index (χ3v) is 3.30. The molecular weight excluding hydrogens is 301 g/mol. The first-order valence-electron chi connectivity index (χ1n) is 6.55. The van der Waals surface area contributed by atoms with E-state index >= 15 is 0 Å². The molecular formula is C14H19Cl2NO3. The van der Waals surface area contributed by atoms with Gasteiger partial charge in [-0.15, -0.1) is 0 Å². The van der Waals surface area contributed by atoms with Crippen LogP contribution in [0.5, 0.6) is 5.75 Å². The molecule has 4 nitrogen and oxygen atoms in total. The van der Waals surface area contributed by atoms with Gasteiger partial charge in [-0.05, 0) is 38.2 Å². The summed E-state index contributed by atoms with van der Waals surface area (Å²) in [4.78, 5) is 13.9. The average molecular weight is 320 g/mol. The highest BCUT2D eigenvalue weighted by molar-refractivity contribution is 6.35. The molecule has 0 aliphatic rings. The van der Waals surface area contributed by atoms with Gasteiger partial charge in [0.25, 0.3) is 6.23 Å². The molecule has 1 rings (SSSR count). The highest BCUT2D eigenvalue weighted by Gasteiger charge is 2.28. The summed E-state index contributed by atoms with van der Waals surface area (Å²) >= 11 is 11.9. The van der Waals surface area contributed by atoms with Crippen molar-refractivity contribution in [1.29, 1.82) is 0 Å². The molecule has 112 valence electrons. The Morgan fingerprint density at radius 2 is 1.90 bits per heavy atom. The highest BCUT2D eigenvalue weighted by Crippen LogP contribution is 2.29. The van der Waals surface area contributed by atoms with Crippen LogP contribution in [0.1, 0.15) is 20.8 Å². The fourth-order valence-electron chi connectivity index (χ4n) is 1.73. The Labute approximate surface area is 129 Å². The van der Waals surface area contributed by atoms with Crippen LogP contribution in [0.25, 0.3) is 0 Å². The molecule has 0 saturated carbocycles. The number of carbonyl (C=O) groups is 1. The lowest BCUT2D eigenvalue weighted by molar-refractivity contribution is -0.160. The summed E-state index contributed by atoms with van der Waals surface area (Å²) in [6.07, 6.45) is -0.816. The van der Waals surface area contributed by atoms with Crippen LogP contribution >= 0.6 is 23.2 Å². The van der Waals surface area contributed by atoms with E-state index in [4.69, 9.17) is 32.7 Å². The topological polar surface area (TPSA) is 38.8 Å². The van der Waals surface area contributed by atoms with Gasteiger partial charge < -0.3 is 9.47 Å². The number of carbonyl (C=O) groups excluding carboxylic acids is 1. The van der Waals surface area contributed by atoms with Gasteiger partial charge in [0.05, 0.1) is 11.6 Å². The number of likely N-dealkylation sites (N-methyl/N-ethyl adjacent to an activating group) is 1. The molecule has 0 spiro atoms. The summed E-state index contributed by atoms with van der Waals surface area (Å²) < 4.78 is 10.8. The maximum atomic E-state index is 12.0. The lowest BCUT2D eigenvalue weighted by atomic mass is 10.3. The van der Waals surface area contributed by atoms with Crippen molar-refractivity contribution in [3.8, 4) is 5.75 Å².